The van der Waals surface area contributed by atoms with Crippen LogP contribution in [0.5, 0.6) is 5.88 Å². The van der Waals surface area contributed by atoms with Crippen molar-refractivity contribution in [1.29, 1.82) is 0 Å². The Bertz CT molecular complexity index is 650. The van der Waals surface area contributed by atoms with Gasteiger partial charge in [0.1, 0.15) is 12.4 Å². The standard InChI is InChI=1S/C14H19N5O2/c1-10-6-12(19-13(18-10)16-9-17-19)21-11-7-14(20-8-11)2-4-15-5-3-14/h6,9,11,15H,2-5,7-8H2,1H3. The molecule has 0 saturated carbocycles. The van der Waals surface area contributed by atoms with Gasteiger partial charge in [-0.2, -0.15) is 14.6 Å². The molecule has 1 N–H and O–H groups in total. The van der Waals surface area contributed by atoms with E-state index in [2.05, 4.69) is 20.4 Å². The summed E-state index contributed by atoms with van der Waals surface area (Å²) in [6, 6.07) is 1.90. The molecule has 0 aromatic carbocycles. The number of hydrogen-bond acceptors (Lipinski definition) is 6. The quantitative estimate of drug-likeness (QED) is 0.878. The molecule has 2 aromatic rings. The third kappa shape index (κ3) is 2.36. The number of rotatable bonds is 2. The van der Waals surface area contributed by atoms with E-state index in [0.717, 1.165) is 38.0 Å². The van der Waals surface area contributed by atoms with Gasteiger partial charge in [-0.25, -0.2) is 4.98 Å². The van der Waals surface area contributed by atoms with Crippen LogP contribution in [0.4, 0.5) is 0 Å². The molecule has 1 spiro atoms. The summed E-state index contributed by atoms with van der Waals surface area (Å²) < 4.78 is 13.8. The molecular weight excluding hydrogens is 270 g/mol. The maximum Gasteiger partial charge on any atom is 0.255 e. The highest BCUT2D eigenvalue weighted by molar-refractivity contribution is 5.32. The fourth-order valence-corrected chi connectivity index (χ4v) is 3.26. The summed E-state index contributed by atoms with van der Waals surface area (Å²) in [5, 5.41) is 7.55. The van der Waals surface area contributed by atoms with Gasteiger partial charge >= 0.3 is 0 Å². The highest BCUT2D eigenvalue weighted by Crippen LogP contribution is 2.35. The van der Waals surface area contributed by atoms with Crippen molar-refractivity contribution in [3.05, 3.63) is 18.1 Å². The summed E-state index contributed by atoms with van der Waals surface area (Å²) in [7, 11) is 0. The second kappa shape index (κ2) is 4.92. The molecule has 2 aliphatic heterocycles. The zero-order chi connectivity index (χ0) is 14.3. The Morgan fingerprint density at radius 1 is 1.43 bits per heavy atom. The molecule has 7 nitrogen and oxygen atoms in total. The summed E-state index contributed by atoms with van der Waals surface area (Å²) >= 11 is 0. The van der Waals surface area contributed by atoms with Gasteiger partial charge in [0.15, 0.2) is 0 Å². The minimum atomic E-state index is -0.000522. The normalized spacial score (nSPS) is 24.7. The third-order valence-electron chi connectivity index (χ3n) is 4.32. The lowest BCUT2D eigenvalue weighted by atomic mass is 9.89. The van der Waals surface area contributed by atoms with E-state index < -0.39 is 0 Å². The van der Waals surface area contributed by atoms with Gasteiger partial charge in [-0.15, -0.1) is 0 Å². The van der Waals surface area contributed by atoms with E-state index >= 15 is 0 Å². The van der Waals surface area contributed by atoms with E-state index in [1.807, 2.05) is 13.0 Å². The first kappa shape index (κ1) is 13.0. The van der Waals surface area contributed by atoms with Crippen LogP contribution in [0.3, 0.4) is 0 Å². The number of ether oxygens (including phenoxy) is 2. The fraction of sp³-hybridized carbons (Fsp3) is 0.643. The highest BCUT2D eigenvalue weighted by atomic mass is 16.6. The molecule has 4 rings (SSSR count). The van der Waals surface area contributed by atoms with Crippen molar-refractivity contribution in [3.63, 3.8) is 0 Å². The average Bonchev–Trinajstić information content (AvgIpc) is 3.07. The van der Waals surface area contributed by atoms with Crippen molar-refractivity contribution in [2.24, 2.45) is 0 Å². The van der Waals surface area contributed by atoms with E-state index in [4.69, 9.17) is 9.47 Å². The molecule has 4 heterocycles. The minimum Gasteiger partial charge on any atom is -0.472 e. The molecule has 2 aliphatic rings. The summed E-state index contributed by atoms with van der Waals surface area (Å²) in [4.78, 5) is 8.44. The summed E-state index contributed by atoms with van der Waals surface area (Å²) in [6.07, 6.45) is 4.61. The molecule has 0 aliphatic carbocycles. The highest BCUT2D eigenvalue weighted by Gasteiger charge is 2.42. The smallest absolute Gasteiger partial charge is 0.255 e. The van der Waals surface area contributed by atoms with Gasteiger partial charge in [-0.05, 0) is 32.9 Å². The van der Waals surface area contributed by atoms with Crippen molar-refractivity contribution < 1.29 is 9.47 Å². The lowest BCUT2D eigenvalue weighted by Crippen LogP contribution is -2.41. The second-order valence-corrected chi connectivity index (χ2v) is 5.90. The largest absolute Gasteiger partial charge is 0.472 e. The molecule has 2 saturated heterocycles. The van der Waals surface area contributed by atoms with Crippen molar-refractivity contribution in [3.8, 4) is 5.88 Å². The Labute approximate surface area is 122 Å². The van der Waals surface area contributed by atoms with Crippen molar-refractivity contribution in [2.45, 2.75) is 37.9 Å². The summed E-state index contributed by atoms with van der Waals surface area (Å²) in [6.45, 7) is 4.61. The van der Waals surface area contributed by atoms with Gasteiger partial charge in [-0.1, -0.05) is 0 Å². The molecule has 2 fully saturated rings. The molecule has 21 heavy (non-hydrogen) atoms. The number of nitrogens with one attached hydrogen (secondary N) is 1. The predicted octanol–water partition coefficient (Wildman–Crippen LogP) is 0.723. The zero-order valence-electron chi connectivity index (χ0n) is 12.1. The molecule has 1 atom stereocenters. The molecule has 0 radical (unpaired) electrons. The summed E-state index contributed by atoms with van der Waals surface area (Å²) in [5.74, 6) is 1.26. The van der Waals surface area contributed by atoms with Gasteiger partial charge in [-0.3, -0.25) is 0 Å². The van der Waals surface area contributed by atoms with Gasteiger partial charge in [0, 0.05) is 18.2 Å². The van der Waals surface area contributed by atoms with Gasteiger partial charge in [0.05, 0.1) is 12.2 Å². The van der Waals surface area contributed by atoms with Crippen molar-refractivity contribution in [2.75, 3.05) is 19.7 Å². The van der Waals surface area contributed by atoms with Crippen LogP contribution in [0.2, 0.25) is 0 Å². The zero-order valence-corrected chi connectivity index (χ0v) is 12.1. The first-order chi connectivity index (χ1) is 10.2. The van der Waals surface area contributed by atoms with Gasteiger partial charge in [0.2, 0.25) is 5.88 Å². The number of fused-ring (bicyclic) bond motifs is 1. The number of nitrogens with zero attached hydrogens (tertiary/aromatic N) is 4. The first-order valence-corrected chi connectivity index (χ1v) is 7.43. The van der Waals surface area contributed by atoms with E-state index in [1.165, 1.54) is 6.33 Å². The van der Waals surface area contributed by atoms with Crippen LogP contribution in [0.25, 0.3) is 5.78 Å². The second-order valence-electron chi connectivity index (χ2n) is 5.90. The van der Waals surface area contributed by atoms with Crippen LogP contribution in [0.15, 0.2) is 12.4 Å². The van der Waals surface area contributed by atoms with Crippen LogP contribution in [-0.4, -0.2) is 51.0 Å². The van der Waals surface area contributed by atoms with Crippen LogP contribution in [0, 0.1) is 6.92 Å². The predicted molar refractivity (Wildman–Crippen MR) is 75.3 cm³/mol. The Morgan fingerprint density at radius 2 is 2.29 bits per heavy atom. The van der Waals surface area contributed by atoms with Gasteiger partial charge < -0.3 is 14.8 Å². The monoisotopic (exact) mass is 289 g/mol. The maximum atomic E-state index is 6.13. The third-order valence-corrected chi connectivity index (χ3v) is 4.32. The average molecular weight is 289 g/mol. The fourth-order valence-electron chi connectivity index (χ4n) is 3.26. The van der Waals surface area contributed by atoms with E-state index in [0.29, 0.717) is 18.3 Å². The Hall–Kier alpha value is -1.73. The SMILES string of the molecule is Cc1cc(OC2COC3(CCNCC3)C2)n2ncnc2n1. The number of aryl methyl sites for hydroxylation is 1. The minimum absolute atomic E-state index is 0.000522. The van der Waals surface area contributed by atoms with Crippen LogP contribution in [-0.2, 0) is 4.74 Å². The van der Waals surface area contributed by atoms with Crippen molar-refractivity contribution in [1.82, 2.24) is 24.9 Å². The lowest BCUT2D eigenvalue weighted by molar-refractivity contribution is -0.0206. The summed E-state index contributed by atoms with van der Waals surface area (Å²) in [5.41, 5.74) is 0.875. The van der Waals surface area contributed by atoms with Crippen LogP contribution >= 0.6 is 0 Å². The Morgan fingerprint density at radius 3 is 3.14 bits per heavy atom. The topological polar surface area (TPSA) is 73.6 Å². The van der Waals surface area contributed by atoms with Crippen LogP contribution < -0.4 is 10.1 Å². The number of piperidine rings is 1. The van der Waals surface area contributed by atoms with Crippen LogP contribution in [0.1, 0.15) is 25.0 Å². The molecule has 0 bridgehead atoms. The maximum absolute atomic E-state index is 6.13. The molecule has 1 unspecified atom stereocenters. The molecule has 112 valence electrons. The van der Waals surface area contributed by atoms with E-state index in [1.54, 1.807) is 4.52 Å². The van der Waals surface area contributed by atoms with E-state index in [9.17, 15) is 0 Å². The first-order valence-electron chi connectivity index (χ1n) is 7.43. The number of aromatic nitrogens is 4. The molecular formula is C14H19N5O2. The molecule has 2 aromatic heterocycles. The Balaban J connectivity index is 1.54. The van der Waals surface area contributed by atoms with Crippen molar-refractivity contribution >= 4 is 5.78 Å². The Kier molecular flexibility index (Phi) is 3.04. The van der Waals surface area contributed by atoms with E-state index in [-0.39, 0.29) is 11.7 Å². The van der Waals surface area contributed by atoms with Gasteiger partial charge in [0.25, 0.3) is 5.78 Å². The molecule has 0 amide bonds. The number of hydrogen-bond donors (Lipinski definition) is 1. The molecule has 7 heteroatoms. The lowest BCUT2D eigenvalue weighted by Gasteiger charge is -2.32.